The summed E-state index contributed by atoms with van der Waals surface area (Å²) >= 11 is 0. The van der Waals surface area contributed by atoms with E-state index in [0.29, 0.717) is 18.0 Å². The van der Waals surface area contributed by atoms with Crippen LogP contribution in [0.5, 0.6) is 11.5 Å². The van der Waals surface area contributed by atoms with Crippen molar-refractivity contribution in [2.75, 3.05) is 20.3 Å². The van der Waals surface area contributed by atoms with Crippen molar-refractivity contribution in [3.05, 3.63) is 96.1 Å². The van der Waals surface area contributed by atoms with Gasteiger partial charge in [-0.2, -0.15) is 0 Å². The minimum Gasteiger partial charge on any atom is -0.493 e. The van der Waals surface area contributed by atoms with Gasteiger partial charge in [-0.1, -0.05) is 72.8 Å². The van der Waals surface area contributed by atoms with Crippen LogP contribution in [-0.4, -0.2) is 26.2 Å². The van der Waals surface area contributed by atoms with Crippen LogP contribution in [-0.2, 0) is 4.79 Å². The second-order valence-corrected chi connectivity index (χ2v) is 6.12. The first kappa shape index (κ1) is 18.5. The lowest BCUT2D eigenvalue weighted by Crippen LogP contribution is -2.32. The normalized spacial score (nSPS) is 10.4. The highest BCUT2D eigenvalue weighted by Crippen LogP contribution is 2.26. The van der Waals surface area contributed by atoms with Crippen LogP contribution in [0.15, 0.2) is 84.9 Å². The third kappa shape index (κ3) is 5.11. The van der Waals surface area contributed by atoms with E-state index in [1.54, 1.807) is 19.2 Å². The van der Waals surface area contributed by atoms with Crippen molar-refractivity contribution in [3.8, 4) is 11.5 Å². The minimum absolute atomic E-state index is 0.0589. The van der Waals surface area contributed by atoms with E-state index in [-0.39, 0.29) is 18.4 Å². The van der Waals surface area contributed by atoms with Crippen LogP contribution in [0.1, 0.15) is 17.0 Å². The second kappa shape index (κ2) is 9.43. The van der Waals surface area contributed by atoms with Crippen LogP contribution in [0.25, 0.3) is 0 Å². The molecule has 0 unspecified atom stereocenters. The Bertz CT molecular complexity index is 810. The monoisotopic (exact) mass is 361 g/mol. The first-order valence-electron chi connectivity index (χ1n) is 8.90. The summed E-state index contributed by atoms with van der Waals surface area (Å²) in [6, 6.07) is 27.6. The number of nitrogens with one attached hydrogen (secondary N) is 1. The van der Waals surface area contributed by atoms with Crippen molar-refractivity contribution in [3.63, 3.8) is 0 Å². The molecule has 1 N–H and O–H groups in total. The van der Waals surface area contributed by atoms with E-state index in [1.165, 1.54) is 0 Å². The molecule has 0 aliphatic rings. The Labute approximate surface area is 159 Å². The molecule has 0 fully saturated rings. The first-order valence-corrected chi connectivity index (χ1v) is 8.90. The Morgan fingerprint density at radius 3 is 1.89 bits per heavy atom. The summed E-state index contributed by atoms with van der Waals surface area (Å²) in [5, 5.41) is 2.98. The summed E-state index contributed by atoms with van der Waals surface area (Å²) in [4.78, 5) is 12.3. The molecule has 0 heterocycles. The zero-order chi connectivity index (χ0) is 18.9. The lowest BCUT2D eigenvalue weighted by Gasteiger charge is -2.19. The topological polar surface area (TPSA) is 47.6 Å². The Hall–Kier alpha value is -3.27. The van der Waals surface area contributed by atoms with Gasteiger partial charge in [-0.25, -0.2) is 0 Å². The van der Waals surface area contributed by atoms with Gasteiger partial charge in [-0.15, -0.1) is 0 Å². The quantitative estimate of drug-likeness (QED) is 0.659. The molecule has 0 radical (unpaired) electrons. The van der Waals surface area contributed by atoms with Crippen LogP contribution >= 0.6 is 0 Å². The van der Waals surface area contributed by atoms with Crippen molar-refractivity contribution in [2.45, 2.75) is 5.92 Å². The second-order valence-electron chi connectivity index (χ2n) is 6.12. The number of benzene rings is 3. The summed E-state index contributed by atoms with van der Waals surface area (Å²) in [5.74, 6) is 1.08. The first-order chi connectivity index (χ1) is 13.3. The van der Waals surface area contributed by atoms with Gasteiger partial charge in [0.05, 0.1) is 7.11 Å². The maximum Gasteiger partial charge on any atom is 0.257 e. The van der Waals surface area contributed by atoms with Gasteiger partial charge in [0.15, 0.2) is 18.1 Å². The number of hydrogen-bond acceptors (Lipinski definition) is 3. The molecule has 0 saturated heterocycles. The molecule has 0 aromatic heterocycles. The number of methoxy groups -OCH3 is 1. The predicted octanol–water partition coefficient (Wildman–Crippen LogP) is 4.02. The average molecular weight is 361 g/mol. The fraction of sp³-hybridized carbons (Fsp3) is 0.174. The number of hydrogen-bond donors (Lipinski definition) is 1. The van der Waals surface area contributed by atoms with E-state index >= 15 is 0 Å². The number of carbonyl (C=O) groups excluding carboxylic acids is 1. The van der Waals surface area contributed by atoms with Gasteiger partial charge in [0.25, 0.3) is 5.91 Å². The van der Waals surface area contributed by atoms with Gasteiger partial charge in [-0.05, 0) is 23.3 Å². The van der Waals surface area contributed by atoms with E-state index in [9.17, 15) is 4.79 Å². The van der Waals surface area contributed by atoms with Crippen LogP contribution < -0.4 is 14.8 Å². The Balaban J connectivity index is 1.62. The summed E-state index contributed by atoms with van der Waals surface area (Å²) in [7, 11) is 1.58. The number of amides is 1. The summed E-state index contributed by atoms with van der Waals surface area (Å²) < 4.78 is 10.8. The van der Waals surface area contributed by atoms with Gasteiger partial charge in [0.1, 0.15) is 0 Å². The fourth-order valence-electron chi connectivity index (χ4n) is 2.95. The third-order valence-electron chi connectivity index (χ3n) is 4.34. The molecular formula is C23H23NO3. The predicted molar refractivity (Wildman–Crippen MR) is 106 cm³/mol. The number of rotatable bonds is 8. The molecule has 0 bridgehead atoms. The zero-order valence-electron chi connectivity index (χ0n) is 15.3. The maximum atomic E-state index is 12.3. The molecule has 0 aliphatic heterocycles. The number of carbonyl (C=O) groups is 1. The van der Waals surface area contributed by atoms with E-state index in [1.807, 2.05) is 48.5 Å². The summed E-state index contributed by atoms with van der Waals surface area (Å²) in [6.07, 6.45) is 0. The Morgan fingerprint density at radius 1 is 0.815 bits per heavy atom. The van der Waals surface area contributed by atoms with Gasteiger partial charge in [0, 0.05) is 12.5 Å². The molecule has 0 saturated carbocycles. The van der Waals surface area contributed by atoms with E-state index in [4.69, 9.17) is 9.47 Å². The fourth-order valence-corrected chi connectivity index (χ4v) is 2.95. The number of para-hydroxylation sites is 2. The van der Waals surface area contributed by atoms with Crippen LogP contribution in [0.4, 0.5) is 0 Å². The standard InChI is InChI=1S/C23H23NO3/c1-26-21-14-8-9-15-22(21)27-17-23(25)24-16-20(18-10-4-2-5-11-18)19-12-6-3-7-13-19/h2-15,20H,16-17H2,1H3,(H,24,25). The summed E-state index contributed by atoms with van der Waals surface area (Å²) in [6.45, 7) is 0.443. The summed E-state index contributed by atoms with van der Waals surface area (Å²) in [5.41, 5.74) is 2.32. The van der Waals surface area contributed by atoms with Gasteiger partial charge in [0.2, 0.25) is 0 Å². The van der Waals surface area contributed by atoms with Crippen LogP contribution in [0, 0.1) is 0 Å². The Morgan fingerprint density at radius 2 is 1.33 bits per heavy atom. The molecule has 3 aromatic carbocycles. The van der Waals surface area contributed by atoms with Gasteiger partial charge in [-0.3, -0.25) is 4.79 Å². The van der Waals surface area contributed by atoms with Crippen LogP contribution in [0.3, 0.4) is 0 Å². The largest absolute Gasteiger partial charge is 0.493 e. The van der Waals surface area contributed by atoms with Crippen LogP contribution in [0.2, 0.25) is 0 Å². The molecule has 1 amide bonds. The molecule has 0 aliphatic carbocycles. The molecular weight excluding hydrogens is 338 g/mol. The average Bonchev–Trinajstić information content (AvgIpc) is 2.74. The molecule has 3 rings (SSSR count). The molecule has 3 aromatic rings. The molecule has 138 valence electrons. The van der Waals surface area contributed by atoms with E-state index in [2.05, 4.69) is 29.6 Å². The van der Waals surface area contributed by atoms with Crippen molar-refractivity contribution >= 4 is 5.91 Å². The third-order valence-corrected chi connectivity index (χ3v) is 4.34. The zero-order valence-corrected chi connectivity index (χ0v) is 15.3. The van der Waals surface area contributed by atoms with Crippen molar-refractivity contribution in [1.82, 2.24) is 5.32 Å². The smallest absolute Gasteiger partial charge is 0.257 e. The van der Waals surface area contributed by atoms with Crippen molar-refractivity contribution in [1.29, 1.82) is 0 Å². The highest BCUT2D eigenvalue weighted by molar-refractivity contribution is 5.77. The number of ether oxygens (including phenoxy) is 2. The highest BCUT2D eigenvalue weighted by Gasteiger charge is 2.15. The van der Waals surface area contributed by atoms with Gasteiger partial charge < -0.3 is 14.8 Å². The molecule has 27 heavy (non-hydrogen) atoms. The van der Waals surface area contributed by atoms with Crippen molar-refractivity contribution in [2.24, 2.45) is 0 Å². The van der Waals surface area contributed by atoms with Gasteiger partial charge >= 0.3 is 0 Å². The molecule has 0 spiro atoms. The molecule has 4 heteroatoms. The molecule has 0 atom stereocenters. The maximum absolute atomic E-state index is 12.3. The lowest BCUT2D eigenvalue weighted by atomic mass is 9.91. The highest BCUT2D eigenvalue weighted by atomic mass is 16.5. The van der Waals surface area contributed by atoms with E-state index in [0.717, 1.165) is 11.1 Å². The van der Waals surface area contributed by atoms with Crippen molar-refractivity contribution < 1.29 is 14.3 Å². The Kier molecular flexibility index (Phi) is 6.47. The SMILES string of the molecule is COc1ccccc1OCC(=O)NCC(c1ccccc1)c1ccccc1. The molecule has 4 nitrogen and oxygen atoms in total. The lowest BCUT2D eigenvalue weighted by molar-refractivity contribution is -0.123. The minimum atomic E-state index is -0.169. The van der Waals surface area contributed by atoms with E-state index < -0.39 is 0 Å².